The highest BCUT2D eigenvalue weighted by atomic mass is 16.2. The van der Waals surface area contributed by atoms with Gasteiger partial charge in [-0.05, 0) is 6.92 Å². The van der Waals surface area contributed by atoms with Crippen molar-refractivity contribution in [1.82, 2.24) is 14.3 Å². The van der Waals surface area contributed by atoms with Crippen molar-refractivity contribution in [3.05, 3.63) is 27.0 Å². The summed E-state index contributed by atoms with van der Waals surface area (Å²) in [6, 6.07) is 0. The van der Waals surface area contributed by atoms with E-state index >= 15 is 0 Å². The molecular weight excluding hydrogens is 174 g/mol. The average Bonchev–Trinajstić information content (AvgIpc) is 2.14. The Morgan fingerprint density at radius 1 is 1.46 bits per heavy atom. The van der Waals surface area contributed by atoms with Crippen LogP contribution in [0.2, 0.25) is 0 Å². The SMILES string of the molecule is CCn1[c]nn(CC=O)c(=O)c1=O. The molecule has 0 aliphatic rings. The van der Waals surface area contributed by atoms with Gasteiger partial charge in [-0.3, -0.25) is 14.2 Å². The van der Waals surface area contributed by atoms with Crippen LogP contribution >= 0.6 is 0 Å². The van der Waals surface area contributed by atoms with E-state index in [1.165, 1.54) is 0 Å². The summed E-state index contributed by atoms with van der Waals surface area (Å²) < 4.78 is 1.84. The Morgan fingerprint density at radius 2 is 2.15 bits per heavy atom. The first-order chi connectivity index (χ1) is 6.20. The molecule has 1 heterocycles. The maximum absolute atomic E-state index is 11.1. The zero-order valence-corrected chi connectivity index (χ0v) is 7.06. The standard InChI is InChI=1S/C7H8N3O3/c1-2-9-5-8-10(3-4-11)7(13)6(9)12/h4H,2-3H2,1H3. The summed E-state index contributed by atoms with van der Waals surface area (Å²) in [6.07, 6.45) is 2.84. The first-order valence-corrected chi connectivity index (χ1v) is 3.74. The summed E-state index contributed by atoms with van der Waals surface area (Å²) in [6.45, 7) is 1.82. The lowest BCUT2D eigenvalue weighted by molar-refractivity contribution is -0.108. The minimum atomic E-state index is -0.798. The number of aryl methyl sites for hydroxylation is 1. The second-order valence-corrected chi connectivity index (χ2v) is 2.30. The van der Waals surface area contributed by atoms with Gasteiger partial charge in [-0.2, -0.15) is 0 Å². The zero-order chi connectivity index (χ0) is 9.84. The highest BCUT2D eigenvalue weighted by Gasteiger charge is 2.03. The number of nitrogens with zero attached hydrogens (tertiary/aromatic N) is 3. The Bertz CT molecular complexity index is 418. The van der Waals surface area contributed by atoms with Gasteiger partial charge in [0, 0.05) is 6.54 Å². The Hall–Kier alpha value is -1.72. The van der Waals surface area contributed by atoms with E-state index in [2.05, 4.69) is 11.4 Å². The first-order valence-electron chi connectivity index (χ1n) is 3.74. The Balaban J connectivity index is 3.32. The van der Waals surface area contributed by atoms with E-state index < -0.39 is 11.1 Å². The molecule has 0 fully saturated rings. The maximum atomic E-state index is 11.1. The van der Waals surface area contributed by atoms with E-state index in [1.54, 1.807) is 6.92 Å². The molecule has 1 aromatic heterocycles. The van der Waals surface area contributed by atoms with Crippen LogP contribution in [0, 0.1) is 6.33 Å². The van der Waals surface area contributed by atoms with Crippen molar-refractivity contribution in [2.45, 2.75) is 20.0 Å². The van der Waals surface area contributed by atoms with E-state index in [4.69, 9.17) is 0 Å². The van der Waals surface area contributed by atoms with Crippen molar-refractivity contribution in [2.24, 2.45) is 0 Å². The number of rotatable bonds is 3. The van der Waals surface area contributed by atoms with Crippen LogP contribution < -0.4 is 11.1 Å². The number of aromatic nitrogens is 3. The molecule has 0 bridgehead atoms. The van der Waals surface area contributed by atoms with Crippen LogP contribution in [0.1, 0.15) is 6.92 Å². The topological polar surface area (TPSA) is 74.0 Å². The zero-order valence-electron chi connectivity index (χ0n) is 7.06. The summed E-state index contributed by atoms with van der Waals surface area (Å²) in [4.78, 5) is 32.3. The van der Waals surface area contributed by atoms with Gasteiger partial charge in [0.25, 0.3) is 0 Å². The Kier molecular flexibility index (Phi) is 2.73. The van der Waals surface area contributed by atoms with E-state index in [9.17, 15) is 14.4 Å². The highest BCUT2D eigenvalue weighted by molar-refractivity contribution is 5.48. The van der Waals surface area contributed by atoms with Crippen molar-refractivity contribution in [2.75, 3.05) is 0 Å². The van der Waals surface area contributed by atoms with E-state index in [-0.39, 0.29) is 6.54 Å². The minimum Gasteiger partial charge on any atom is -0.301 e. The third-order valence-electron chi connectivity index (χ3n) is 1.51. The lowest BCUT2D eigenvalue weighted by Crippen LogP contribution is -2.42. The van der Waals surface area contributed by atoms with Crippen molar-refractivity contribution < 1.29 is 4.79 Å². The van der Waals surface area contributed by atoms with Gasteiger partial charge in [-0.15, -0.1) is 5.10 Å². The molecule has 0 aliphatic carbocycles. The Labute approximate surface area is 73.4 Å². The third kappa shape index (κ3) is 1.71. The van der Waals surface area contributed by atoms with Gasteiger partial charge in [-0.25, -0.2) is 4.68 Å². The molecule has 0 unspecified atom stereocenters. The van der Waals surface area contributed by atoms with Crippen LogP contribution in [-0.4, -0.2) is 20.6 Å². The lowest BCUT2D eigenvalue weighted by atomic mass is 10.6. The van der Waals surface area contributed by atoms with Gasteiger partial charge in [0.05, 0.1) is 0 Å². The van der Waals surface area contributed by atoms with Gasteiger partial charge >= 0.3 is 11.1 Å². The van der Waals surface area contributed by atoms with Gasteiger partial charge in [0.2, 0.25) is 6.33 Å². The van der Waals surface area contributed by atoms with E-state index in [0.717, 1.165) is 9.25 Å². The number of hydrogen-bond donors (Lipinski definition) is 0. The quantitative estimate of drug-likeness (QED) is 0.418. The molecule has 6 nitrogen and oxygen atoms in total. The molecule has 1 radical (unpaired) electrons. The van der Waals surface area contributed by atoms with E-state index in [0.29, 0.717) is 12.8 Å². The largest absolute Gasteiger partial charge is 0.333 e. The first kappa shape index (κ1) is 9.37. The van der Waals surface area contributed by atoms with Gasteiger partial charge in [0.1, 0.15) is 12.8 Å². The highest BCUT2D eigenvalue weighted by Crippen LogP contribution is 1.71. The molecule has 6 heteroatoms. The Morgan fingerprint density at radius 3 is 2.69 bits per heavy atom. The smallest absolute Gasteiger partial charge is 0.301 e. The van der Waals surface area contributed by atoms with Crippen LogP contribution in [0.3, 0.4) is 0 Å². The predicted molar refractivity (Wildman–Crippen MR) is 43.3 cm³/mol. The van der Waals surface area contributed by atoms with Gasteiger partial charge in [-0.1, -0.05) is 0 Å². The van der Waals surface area contributed by atoms with Crippen LogP contribution in [0.5, 0.6) is 0 Å². The molecule has 0 amide bonds. The molecule has 0 aliphatic heterocycles. The molecule has 0 spiro atoms. The summed E-state index contributed by atoms with van der Waals surface area (Å²) >= 11 is 0. The molecule has 0 saturated heterocycles. The monoisotopic (exact) mass is 182 g/mol. The predicted octanol–water partition coefficient (Wildman–Crippen LogP) is -1.58. The van der Waals surface area contributed by atoms with Crippen molar-refractivity contribution in [3.8, 4) is 0 Å². The molecular formula is C7H8N3O3. The number of aldehydes is 1. The van der Waals surface area contributed by atoms with Crippen LogP contribution in [0.15, 0.2) is 9.59 Å². The molecule has 0 saturated carbocycles. The molecule has 69 valence electrons. The third-order valence-corrected chi connectivity index (χ3v) is 1.51. The second-order valence-electron chi connectivity index (χ2n) is 2.30. The summed E-state index contributed by atoms with van der Waals surface area (Å²) in [7, 11) is 0. The molecule has 13 heavy (non-hydrogen) atoms. The van der Waals surface area contributed by atoms with Crippen molar-refractivity contribution in [3.63, 3.8) is 0 Å². The summed E-state index contributed by atoms with van der Waals surface area (Å²) in [5.74, 6) is 0. The molecule has 1 rings (SSSR count). The van der Waals surface area contributed by atoms with Crippen molar-refractivity contribution in [1.29, 1.82) is 0 Å². The molecule has 0 N–H and O–H groups in total. The van der Waals surface area contributed by atoms with Gasteiger partial charge in [0.15, 0.2) is 0 Å². The summed E-state index contributed by atoms with van der Waals surface area (Å²) in [5, 5.41) is 3.51. The number of hydrogen-bond acceptors (Lipinski definition) is 4. The second kappa shape index (κ2) is 3.79. The van der Waals surface area contributed by atoms with Crippen molar-refractivity contribution >= 4 is 6.29 Å². The van der Waals surface area contributed by atoms with Crippen LogP contribution in [0.25, 0.3) is 0 Å². The van der Waals surface area contributed by atoms with E-state index in [1.807, 2.05) is 0 Å². The van der Waals surface area contributed by atoms with Crippen LogP contribution in [-0.2, 0) is 17.9 Å². The number of carbonyl (C=O) groups excluding carboxylic acids is 1. The fourth-order valence-corrected chi connectivity index (χ4v) is 0.833. The number of carbonyl (C=O) groups is 1. The maximum Gasteiger partial charge on any atom is 0.333 e. The minimum absolute atomic E-state index is 0.213. The molecule has 0 atom stereocenters. The average molecular weight is 182 g/mol. The fraction of sp³-hybridized carbons (Fsp3) is 0.429. The van der Waals surface area contributed by atoms with Gasteiger partial charge < -0.3 is 4.79 Å². The fourth-order valence-electron chi connectivity index (χ4n) is 0.833. The molecule has 0 aromatic carbocycles. The summed E-state index contributed by atoms with van der Waals surface area (Å²) in [5.41, 5.74) is -1.51. The lowest BCUT2D eigenvalue weighted by Gasteiger charge is -2.00. The molecule has 1 aromatic rings. The van der Waals surface area contributed by atoms with Crippen LogP contribution in [0.4, 0.5) is 0 Å². The normalized spacial score (nSPS) is 9.92.